The number of nitrogens with one attached hydrogen (secondary N) is 1. The molecule has 1 aromatic heterocycles. The van der Waals surface area contributed by atoms with Crippen molar-refractivity contribution >= 4 is 16.9 Å². The summed E-state index contributed by atoms with van der Waals surface area (Å²) in [6.45, 7) is 0. The van der Waals surface area contributed by atoms with E-state index in [2.05, 4.69) is 9.72 Å². The quantitative estimate of drug-likeness (QED) is 0.820. The summed E-state index contributed by atoms with van der Waals surface area (Å²) in [5.74, 6) is -2.63. The van der Waals surface area contributed by atoms with E-state index in [-0.39, 0.29) is 22.3 Å². The third kappa shape index (κ3) is 1.71. The van der Waals surface area contributed by atoms with Gasteiger partial charge in [0.05, 0.1) is 19.7 Å². The van der Waals surface area contributed by atoms with Crippen molar-refractivity contribution < 1.29 is 23.0 Å². The van der Waals surface area contributed by atoms with Gasteiger partial charge in [-0.2, -0.15) is 0 Å². The lowest BCUT2D eigenvalue weighted by atomic mass is 10.2. The van der Waals surface area contributed by atoms with Crippen LogP contribution in [0.5, 0.6) is 5.75 Å². The van der Waals surface area contributed by atoms with Gasteiger partial charge in [-0.1, -0.05) is 0 Å². The molecular formula is C11H9F2NO3. The van der Waals surface area contributed by atoms with Crippen molar-refractivity contribution in [1.29, 1.82) is 0 Å². The lowest BCUT2D eigenvalue weighted by molar-refractivity contribution is 0.0595. The number of carbonyl (C=O) groups is 1. The summed E-state index contributed by atoms with van der Waals surface area (Å²) in [5.41, 5.74) is -0.0902. The van der Waals surface area contributed by atoms with Crippen LogP contribution in [-0.4, -0.2) is 25.2 Å². The number of rotatable bonds is 2. The third-order valence-corrected chi connectivity index (χ3v) is 2.40. The number of hydrogen-bond donors (Lipinski definition) is 1. The van der Waals surface area contributed by atoms with Crippen molar-refractivity contribution in [2.75, 3.05) is 14.2 Å². The van der Waals surface area contributed by atoms with Gasteiger partial charge in [0.2, 0.25) is 0 Å². The molecule has 0 bridgehead atoms. The molecule has 0 aliphatic rings. The largest absolute Gasteiger partial charge is 0.496 e. The summed E-state index contributed by atoms with van der Waals surface area (Å²) in [6, 6.07) is 2.27. The van der Waals surface area contributed by atoms with E-state index in [1.54, 1.807) is 0 Å². The minimum absolute atomic E-state index is 0.0327. The molecule has 0 spiro atoms. The summed E-state index contributed by atoms with van der Waals surface area (Å²) >= 11 is 0. The van der Waals surface area contributed by atoms with E-state index in [1.165, 1.54) is 20.3 Å². The van der Waals surface area contributed by atoms with E-state index in [0.29, 0.717) is 0 Å². The minimum Gasteiger partial charge on any atom is -0.496 e. The fraction of sp³-hybridized carbons (Fsp3) is 0.182. The van der Waals surface area contributed by atoms with Crippen molar-refractivity contribution in [2.24, 2.45) is 0 Å². The first kappa shape index (κ1) is 11.4. The molecule has 0 fully saturated rings. The van der Waals surface area contributed by atoms with E-state index in [9.17, 15) is 13.6 Å². The first-order valence-electron chi connectivity index (χ1n) is 4.71. The Morgan fingerprint density at radius 1 is 1.29 bits per heavy atom. The number of hydrogen-bond acceptors (Lipinski definition) is 3. The predicted molar refractivity (Wildman–Crippen MR) is 56.1 cm³/mol. The molecular weight excluding hydrogens is 232 g/mol. The number of methoxy groups -OCH3 is 2. The third-order valence-electron chi connectivity index (χ3n) is 2.40. The summed E-state index contributed by atoms with van der Waals surface area (Å²) < 4.78 is 36.1. The molecule has 6 heteroatoms. The fourth-order valence-corrected chi connectivity index (χ4v) is 1.59. The second kappa shape index (κ2) is 4.04. The van der Waals surface area contributed by atoms with Crippen LogP contribution in [0.3, 0.4) is 0 Å². The maximum absolute atomic E-state index is 13.5. The van der Waals surface area contributed by atoms with Crippen LogP contribution in [0.15, 0.2) is 12.1 Å². The monoisotopic (exact) mass is 241 g/mol. The second-order valence-corrected chi connectivity index (χ2v) is 3.34. The van der Waals surface area contributed by atoms with Crippen molar-refractivity contribution in [3.63, 3.8) is 0 Å². The van der Waals surface area contributed by atoms with Gasteiger partial charge >= 0.3 is 5.97 Å². The smallest absolute Gasteiger partial charge is 0.354 e. The summed E-state index contributed by atoms with van der Waals surface area (Å²) in [7, 11) is 2.53. The van der Waals surface area contributed by atoms with E-state index in [4.69, 9.17) is 4.74 Å². The molecule has 4 nitrogen and oxygen atoms in total. The number of esters is 1. The summed E-state index contributed by atoms with van der Waals surface area (Å²) in [5, 5.41) is 0.284. The maximum Gasteiger partial charge on any atom is 0.354 e. The molecule has 0 atom stereocenters. The molecule has 2 rings (SSSR count). The van der Waals surface area contributed by atoms with Gasteiger partial charge in [0, 0.05) is 11.5 Å². The van der Waals surface area contributed by atoms with Crippen LogP contribution in [-0.2, 0) is 4.74 Å². The number of ether oxygens (including phenoxy) is 2. The number of H-pyrrole nitrogens is 1. The first-order chi connectivity index (χ1) is 8.08. The van der Waals surface area contributed by atoms with Crippen molar-refractivity contribution in [1.82, 2.24) is 4.98 Å². The Labute approximate surface area is 95.1 Å². The molecule has 90 valence electrons. The highest BCUT2D eigenvalue weighted by Gasteiger charge is 2.18. The lowest BCUT2D eigenvalue weighted by Gasteiger charge is -2.02. The Kier molecular flexibility index (Phi) is 2.71. The molecule has 0 unspecified atom stereocenters. The Hall–Kier alpha value is -2.11. The average molecular weight is 241 g/mol. The number of carbonyl (C=O) groups excluding carboxylic acids is 1. The van der Waals surface area contributed by atoms with Gasteiger partial charge in [0.25, 0.3) is 0 Å². The Morgan fingerprint density at radius 3 is 2.59 bits per heavy atom. The van der Waals surface area contributed by atoms with Gasteiger partial charge in [-0.25, -0.2) is 13.6 Å². The van der Waals surface area contributed by atoms with E-state index in [0.717, 1.165) is 6.07 Å². The molecule has 17 heavy (non-hydrogen) atoms. The Balaban J connectivity index is 2.74. The highest BCUT2D eigenvalue weighted by Crippen LogP contribution is 2.30. The fourth-order valence-electron chi connectivity index (χ4n) is 1.59. The zero-order valence-electron chi connectivity index (χ0n) is 9.14. The van der Waals surface area contributed by atoms with Crippen LogP contribution in [0, 0.1) is 11.6 Å². The number of benzene rings is 1. The molecule has 0 radical (unpaired) electrons. The average Bonchev–Trinajstić information content (AvgIpc) is 2.78. The zero-order chi connectivity index (χ0) is 12.6. The zero-order valence-corrected chi connectivity index (χ0v) is 9.14. The van der Waals surface area contributed by atoms with E-state index < -0.39 is 17.6 Å². The molecule has 0 amide bonds. The molecule has 0 saturated heterocycles. The predicted octanol–water partition coefficient (Wildman–Crippen LogP) is 2.24. The van der Waals surface area contributed by atoms with Gasteiger partial charge in [-0.15, -0.1) is 0 Å². The van der Waals surface area contributed by atoms with Crippen molar-refractivity contribution in [3.8, 4) is 5.75 Å². The topological polar surface area (TPSA) is 51.3 Å². The van der Waals surface area contributed by atoms with E-state index in [1.807, 2.05) is 0 Å². The van der Waals surface area contributed by atoms with Crippen molar-refractivity contribution in [2.45, 2.75) is 0 Å². The SMILES string of the molecule is COC(=O)c1cc2c(OC)cc(F)c(F)c2[nH]1. The van der Waals surface area contributed by atoms with Gasteiger partial charge in [0.1, 0.15) is 11.4 Å². The Morgan fingerprint density at radius 2 is 2.00 bits per heavy atom. The molecule has 0 aliphatic carbocycles. The van der Waals surface area contributed by atoms with Crippen LogP contribution in [0.1, 0.15) is 10.5 Å². The normalized spacial score (nSPS) is 10.6. The number of aromatic amines is 1. The molecule has 2 aromatic rings. The van der Waals surface area contributed by atoms with Crippen molar-refractivity contribution in [3.05, 3.63) is 29.5 Å². The lowest BCUT2D eigenvalue weighted by Crippen LogP contribution is -2.00. The molecule has 1 aromatic carbocycles. The summed E-state index contributed by atoms with van der Waals surface area (Å²) in [6.07, 6.45) is 0. The number of halogens is 2. The molecule has 0 saturated carbocycles. The standard InChI is InChI=1S/C11H9F2NO3/c1-16-8-4-6(12)9(13)10-5(8)3-7(14-10)11(15)17-2/h3-4,14H,1-2H3. The van der Waals surface area contributed by atoms with Crippen LogP contribution >= 0.6 is 0 Å². The Bertz CT molecular complexity index is 592. The first-order valence-corrected chi connectivity index (χ1v) is 4.71. The van der Waals surface area contributed by atoms with Crippen LogP contribution in [0.25, 0.3) is 10.9 Å². The molecule has 0 aliphatic heterocycles. The highest BCUT2D eigenvalue weighted by atomic mass is 19.2. The summed E-state index contributed by atoms with van der Waals surface area (Å²) in [4.78, 5) is 13.7. The van der Waals surface area contributed by atoms with Crippen LogP contribution < -0.4 is 4.74 Å². The van der Waals surface area contributed by atoms with Gasteiger partial charge in [-0.05, 0) is 6.07 Å². The van der Waals surface area contributed by atoms with Gasteiger partial charge in [0.15, 0.2) is 11.6 Å². The van der Waals surface area contributed by atoms with Gasteiger partial charge in [-0.3, -0.25) is 0 Å². The molecule has 1 heterocycles. The highest BCUT2D eigenvalue weighted by molar-refractivity contribution is 5.97. The second-order valence-electron chi connectivity index (χ2n) is 3.34. The van der Waals surface area contributed by atoms with E-state index >= 15 is 0 Å². The van der Waals surface area contributed by atoms with Crippen LogP contribution in [0.4, 0.5) is 8.78 Å². The van der Waals surface area contributed by atoms with Gasteiger partial charge < -0.3 is 14.5 Å². The molecule has 1 N–H and O–H groups in total. The van der Waals surface area contributed by atoms with Crippen LogP contribution in [0.2, 0.25) is 0 Å². The minimum atomic E-state index is -1.06. The number of aromatic nitrogens is 1. The number of fused-ring (bicyclic) bond motifs is 1. The maximum atomic E-state index is 13.5.